The van der Waals surface area contributed by atoms with Crippen molar-refractivity contribution >= 4 is 33.5 Å². The van der Waals surface area contributed by atoms with Gasteiger partial charge in [-0.15, -0.1) is 0 Å². The van der Waals surface area contributed by atoms with Crippen molar-refractivity contribution in [3.63, 3.8) is 0 Å². The lowest BCUT2D eigenvalue weighted by atomic mass is 10.0. The predicted octanol–water partition coefficient (Wildman–Crippen LogP) is 5.05. The maximum Gasteiger partial charge on any atom is 0.251 e. The van der Waals surface area contributed by atoms with Crippen molar-refractivity contribution in [1.82, 2.24) is 14.7 Å². The number of unbranched alkanes of at least 4 members (excludes halogenated alkanes) is 3. The highest BCUT2D eigenvalue weighted by atomic mass is 32.1. The quantitative estimate of drug-likeness (QED) is 0.445. The molecule has 0 atom stereocenters. The number of rotatable bonds is 11. The van der Waals surface area contributed by atoms with Crippen LogP contribution < -0.4 is 10.6 Å². The first kappa shape index (κ1) is 20.3. The van der Waals surface area contributed by atoms with E-state index in [0.717, 1.165) is 41.0 Å². The topological polar surface area (TPSA) is 66.9 Å². The van der Waals surface area contributed by atoms with Crippen LogP contribution in [0.4, 0.5) is 5.82 Å². The Kier molecular flexibility index (Phi) is 7.79. The Hall–Kier alpha value is -2.47. The molecule has 148 valence electrons. The number of nitrogens with zero attached hydrogens (tertiary/aromatic N) is 2. The third-order valence-corrected chi connectivity index (χ3v) is 5.50. The van der Waals surface area contributed by atoms with E-state index in [-0.39, 0.29) is 5.91 Å². The summed E-state index contributed by atoms with van der Waals surface area (Å²) in [7, 11) is 0. The van der Waals surface area contributed by atoms with Crippen molar-refractivity contribution in [2.75, 3.05) is 18.4 Å². The van der Waals surface area contributed by atoms with E-state index < -0.39 is 0 Å². The number of aryl methyl sites for hydroxylation is 1. The van der Waals surface area contributed by atoms with E-state index in [1.807, 2.05) is 24.3 Å². The summed E-state index contributed by atoms with van der Waals surface area (Å²) in [6.07, 6.45) is 8.74. The largest absolute Gasteiger partial charge is 0.367 e. The molecule has 1 amide bonds. The van der Waals surface area contributed by atoms with Gasteiger partial charge in [0.15, 0.2) is 5.82 Å². The lowest BCUT2D eigenvalue weighted by molar-refractivity contribution is 0.0953. The fourth-order valence-electron chi connectivity index (χ4n) is 3.07. The maximum absolute atomic E-state index is 12.3. The van der Waals surface area contributed by atoms with Gasteiger partial charge in [-0.25, -0.2) is 0 Å². The minimum Gasteiger partial charge on any atom is -0.367 e. The molecule has 0 saturated heterocycles. The summed E-state index contributed by atoms with van der Waals surface area (Å²) in [5.74, 6) is 0.805. The van der Waals surface area contributed by atoms with Crippen molar-refractivity contribution in [2.24, 2.45) is 0 Å². The van der Waals surface area contributed by atoms with Crippen LogP contribution in [0.3, 0.4) is 0 Å². The summed E-state index contributed by atoms with van der Waals surface area (Å²) in [5.41, 5.74) is 2.94. The number of amides is 1. The fourth-order valence-corrected chi connectivity index (χ4v) is 3.79. The smallest absolute Gasteiger partial charge is 0.251 e. The van der Waals surface area contributed by atoms with Crippen LogP contribution in [0.15, 0.2) is 42.6 Å². The van der Waals surface area contributed by atoms with E-state index in [1.54, 1.807) is 6.20 Å². The highest BCUT2D eigenvalue weighted by Crippen LogP contribution is 2.23. The van der Waals surface area contributed by atoms with Gasteiger partial charge in [0.1, 0.15) is 5.52 Å². The Balaban J connectivity index is 1.36. The number of hydrogen-bond donors (Lipinski definition) is 2. The molecule has 0 aliphatic carbocycles. The number of pyridine rings is 1. The van der Waals surface area contributed by atoms with Gasteiger partial charge >= 0.3 is 0 Å². The van der Waals surface area contributed by atoms with E-state index >= 15 is 0 Å². The van der Waals surface area contributed by atoms with Gasteiger partial charge in [0.2, 0.25) is 0 Å². The van der Waals surface area contributed by atoms with Crippen LogP contribution in [-0.2, 0) is 6.42 Å². The zero-order valence-corrected chi connectivity index (χ0v) is 17.2. The zero-order chi connectivity index (χ0) is 19.6. The van der Waals surface area contributed by atoms with Crippen LogP contribution in [0.1, 0.15) is 54.9 Å². The monoisotopic (exact) mass is 396 g/mol. The maximum atomic E-state index is 12.3. The highest BCUT2D eigenvalue weighted by molar-refractivity contribution is 7.13. The summed E-state index contributed by atoms with van der Waals surface area (Å²) >= 11 is 1.44. The summed E-state index contributed by atoms with van der Waals surface area (Å²) < 4.78 is 5.47. The molecule has 0 spiro atoms. The average Bonchev–Trinajstić information content (AvgIpc) is 3.14. The van der Waals surface area contributed by atoms with Gasteiger partial charge in [0.25, 0.3) is 5.91 Å². The van der Waals surface area contributed by atoms with Crippen LogP contribution >= 0.6 is 11.5 Å². The van der Waals surface area contributed by atoms with Crippen LogP contribution in [0.25, 0.3) is 10.2 Å². The van der Waals surface area contributed by atoms with Gasteiger partial charge in [0, 0.05) is 24.8 Å². The molecule has 3 aromatic rings. The number of aromatic nitrogens is 2. The number of carbonyl (C=O) groups excluding carboxylic acids is 1. The number of benzene rings is 1. The Morgan fingerprint density at radius 3 is 2.71 bits per heavy atom. The van der Waals surface area contributed by atoms with E-state index in [2.05, 4.69) is 39.0 Å². The third kappa shape index (κ3) is 5.76. The first-order chi connectivity index (χ1) is 13.8. The molecule has 0 unspecified atom stereocenters. The SMILES string of the molecule is CCCCCCc1ccc(C(=O)NCCCNc2nsc3cccnc23)cc1. The third-order valence-electron chi connectivity index (χ3n) is 4.70. The number of nitrogens with one attached hydrogen (secondary N) is 2. The Bertz CT molecular complexity index is 876. The second-order valence-corrected chi connectivity index (χ2v) is 7.73. The molecule has 6 heteroatoms. The molecule has 2 N–H and O–H groups in total. The molecule has 0 fully saturated rings. The Morgan fingerprint density at radius 1 is 1.04 bits per heavy atom. The predicted molar refractivity (Wildman–Crippen MR) is 117 cm³/mol. The standard InChI is InChI=1S/C22H28N4OS/c1-2-3-4-5-8-17-10-12-18(13-11-17)22(27)25-16-7-15-24-21-20-19(28-26-21)9-6-14-23-20/h6,9-14H,2-5,7-8,15-16H2,1H3,(H,24,26)(H,25,27). The number of fused-ring (bicyclic) bond motifs is 1. The Morgan fingerprint density at radius 2 is 1.89 bits per heavy atom. The molecule has 0 radical (unpaired) electrons. The van der Waals surface area contributed by atoms with E-state index in [0.29, 0.717) is 6.54 Å². The summed E-state index contributed by atoms with van der Waals surface area (Å²) in [6, 6.07) is 11.9. The number of hydrogen-bond acceptors (Lipinski definition) is 5. The summed E-state index contributed by atoms with van der Waals surface area (Å²) in [4.78, 5) is 16.6. The first-order valence-corrected chi connectivity index (χ1v) is 10.9. The van der Waals surface area contributed by atoms with Crippen molar-refractivity contribution < 1.29 is 4.79 Å². The van der Waals surface area contributed by atoms with Gasteiger partial charge in [0.05, 0.1) is 4.70 Å². The second-order valence-electron chi connectivity index (χ2n) is 6.93. The molecule has 0 bridgehead atoms. The van der Waals surface area contributed by atoms with Gasteiger partial charge in [-0.1, -0.05) is 38.3 Å². The second kappa shape index (κ2) is 10.8. The molecular formula is C22H28N4OS. The lowest BCUT2D eigenvalue weighted by Crippen LogP contribution is -2.25. The van der Waals surface area contributed by atoms with Gasteiger partial charge < -0.3 is 10.6 Å². The molecule has 0 aliphatic rings. The van der Waals surface area contributed by atoms with Crippen LogP contribution in [0, 0.1) is 0 Å². The normalized spacial score (nSPS) is 10.9. The molecule has 2 aromatic heterocycles. The lowest BCUT2D eigenvalue weighted by Gasteiger charge is -2.07. The van der Waals surface area contributed by atoms with Crippen LogP contribution in [0.5, 0.6) is 0 Å². The van der Waals surface area contributed by atoms with Crippen LogP contribution in [-0.4, -0.2) is 28.4 Å². The van der Waals surface area contributed by atoms with E-state index in [1.165, 1.54) is 42.8 Å². The molecular weight excluding hydrogens is 368 g/mol. The Labute approximate surface area is 170 Å². The molecule has 0 saturated carbocycles. The van der Waals surface area contributed by atoms with Crippen molar-refractivity contribution in [2.45, 2.75) is 45.4 Å². The molecule has 2 heterocycles. The first-order valence-electron chi connectivity index (χ1n) is 10.1. The van der Waals surface area contributed by atoms with E-state index in [9.17, 15) is 4.79 Å². The highest BCUT2D eigenvalue weighted by Gasteiger charge is 2.07. The van der Waals surface area contributed by atoms with Gasteiger partial charge in [-0.05, 0) is 60.6 Å². The summed E-state index contributed by atoms with van der Waals surface area (Å²) in [5, 5.41) is 6.29. The fraction of sp³-hybridized carbons (Fsp3) is 0.409. The molecule has 28 heavy (non-hydrogen) atoms. The van der Waals surface area contributed by atoms with Crippen molar-refractivity contribution in [3.05, 3.63) is 53.7 Å². The molecule has 1 aromatic carbocycles. The van der Waals surface area contributed by atoms with Crippen molar-refractivity contribution in [1.29, 1.82) is 0 Å². The molecule has 0 aliphatic heterocycles. The number of anilines is 1. The van der Waals surface area contributed by atoms with Crippen LogP contribution in [0.2, 0.25) is 0 Å². The van der Waals surface area contributed by atoms with Gasteiger partial charge in [-0.2, -0.15) is 4.37 Å². The number of carbonyl (C=O) groups is 1. The summed E-state index contributed by atoms with van der Waals surface area (Å²) in [6.45, 7) is 3.59. The minimum atomic E-state index is -0.0155. The molecule has 3 rings (SSSR count). The van der Waals surface area contributed by atoms with E-state index in [4.69, 9.17) is 0 Å². The molecule has 5 nitrogen and oxygen atoms in total. The van der Waals surface area contributed by atoms with Crippen molar-refractivity contribution in [3.8, 4) is 0 Å². The zero-order valence-electron chi connectivity index (χ0n) is 16.4. The average molecular weight is 397 g/mol. The minimum absolute atomic E-state index is 0.0155. The van der Waals surface area contributed by atoms with Gasteiger partial charge in [-0.3, -0.25) is 9.78 Å².